The van der Waals surface area contributed by atoms with Crippen LogP contribution in [0.15, 0.2) is 18.2 Å². The summed E-state index contributed by atoms with van der Waals surface area (Å²) in [6.45, 7) is 2.09. The van der Waals surface area contributed by atoms with E-state index in [4.69, 9.17) is 20.9 Å². The number of anilines is 1. The van der Waals surface area contributed by atoms with E-state index in [0.717, 1.165) is 12.8 Å². The van der Waals surface area contributed by atoms with Gasteiger partial charge in [-0.3, -0.25) is 4.79 Å². The first-order chi connectivity index (χ1) is 9.04. The number of hydrogen-bond donors (Lipinski definition) is 2. The van der Waals surface area contributed by atoms with E-state index in [1.54, 1.807) is 6.07 Å². The van der Waals surface area contributed by atoms with Gasteiger partial charge in [0, 0.05) is 5.69 Å². The lowest BCUT2D eigenvalue weighted by Crippen LogP contribution is -2.18. The number of carbonyl (C=O) groups excluding carboxylic acids is 2. The molecule has 4 N–H and O–H groups in total. The van der Waals surface area contributed by atoms with Gasteiger partial charge in [-0.15, -0.1) is 0 Å². The predicted molar refractivity (Wildman–Crippen MR) is 70.7 cm³/mol. The fourth-order valence-electron chi connectivity index (χ4n) is 1.37. The highest BCUT2D eigenvalue weighted by Crippen LogP contribution is 2.20. The Morgan fingerprint density at radius 3 is 2.68 bits per heavy atom. The van der Waals surface area contributed by atoms with Crippen LogP contribution in [0.1, 0.15) is 30.1 Å². The molecule has 1 rings (SSSR count). The molecule has 0 bridgehead atoms. The number of nitrogens with two attached hydrogens (primary N) is 2. The fraction of sp³-hybridized carbons (Fsp3) is 0.385. The Labute approximate surface area is 111 Å². The summed E-state index contributed by atoms with van der Waals surface area (Å²) >= 11 is 0. The Hall–Kier alpha value is -2.24. The van der Waals surface area contributed by atoms with E-state index >= 15 is 0 Å². The number of unbranched alkanes of at least 4 members (excludes halogenated alkanes) is 1. The molecule has 1 aromatic carbocycles. The highest BCUT2D eigenvalue weighted by molar-refractivity contribution is 5.96. The van der Waals surface area contributed by atoms with E-state index in [1.807, 2.05) is 6.92 Å². The second-order valence-corrected chi connectivity index (χ2v) is 3.98. The Bertz CT molecular complexity index is 460. The summed E-state index contributed by atoms with van der Waals surface area (Å²) in [6.07, 6.45) is 1.75. The third kappa shape index (κ3) is 4.87. The monoisotopic (exact) mass is 266 g/mol. The van der Waals surface area contributed by atoms with E-state index in [2.05, 4.69) is 0 Å². The summed E-state index contributed by atoms with van der Waals surface area (Å²) < 4.78 is 10.1. The molecule has 0 aliphatic heterocycles. The van der Waals surface area contributed by atoms with Crippen LogP contribution in [0.4, 0.5) is 5.69 Å². The van der Waals surface area contributed by atoms with Crippen molar-refractivity contribution >= 4 is 17.6 Å². The maximum atomic E-state index is 11.4. The van der Waals surface area contributed by atoms with Crippen molar-refractivity contribution in [1.29, 1.82) is 0 Å². The van der Waals surface area contributed by atoms with Gasteiger partial charge in [-0.2, -0.15) is 0 Å². The van der Waals surface area contributed by atoms with Crippen LogP contribution in [-0.4, -0.2) is 25.1 Å². The molecule has 0 aliphatic rings. The van der Waals surface area contributed by atoms with E-state index in [1.165, 1.54) is 12.1 Å². The summed E-state index contributed by atoms with van der Waals surface area (Å²) in [5.41, 5.74) is 11.3. The van der Waals surface area contributed by atoms with Crippen molar-refractivity contribution in [2.75, 3.05) is 18.9 Å². The fourth-order valence-corrected chi connectivity index (χ4v) is 1.37. The van der Waals surface area contributed by atoms with Gasteiger partial charge in [-0.1, -0.05) is 13.3 Å². The molecule has 0 aromatic heterocycles. The molecule has 0 unspecified atom stereocenters. The SMILES string of the molecule is CCCCOC(=O)COc1ccc(N)cc1C(N)=O. The van der Waals surface area contributed by atoms with Gasteiger partial charge >= 0.3 is 5.97 Å². The number of esters is 1. The van der Waals surface area contributed by atoms with Crippen LogP contribution in [0.3, 0.4) is 0 Å². The summed E-state index contributed by atoms with van der Waals surface area (Å²) in [4.78, 5) is 22.6. The minimum absolute atomic E-state index is 0.140. The highest BCUT2D eigenvalue weighted by atomic mass is 16.6. The molecule has 0 saturated carbocycles. The number of ether oxygens (including phenoxy) is 2. The van der Waals surface area contributed by atoms with Gasteiger partial charge in [-0.25, -0.2) is 4.79 Å². The van der Waals surface area contributed by atoms with Crippen molar-refractivity contribution in [3.63, 3.8) is 0 Å². The molecule has 0 saturated heterocycles. The van der Waals surface area contributed by atoms with E-state index in [0.29, 0.717) is 12.3 Å². The molecule has 0 atom stereocenters. The van der Waals surface area contributed by atoms with Crippen LogP contribution in [0, 0.1) is 0 Å². The average Bonchev–Trinajstić information content (AvgIpc) is 2.37. The van der Waals surface area contributed by atoms with Crippen molar-refractivity contribution in [3.8, 4) is 5.75 Å². The van der Waals surface area contributed by atoms with Crippen LogP contribution in [-0.2, 0) is 9.53 Å². The zero-order valence-electron chi connectivity index (χ0n) is 10.8. The molecule has 1 aromatic rings. The Balaban J connectivity index is 2.57. The molecular weight excluding hydrogens is 248 g/mol. The molecule has 0 fully saturated rings. The molecule has 6 heteroatoms. The first kappa shape index (κ1) is 14.8. The molecular formula is C13H18N2O4. The van der Waals surface area contributed by atoms with Crippen molar-refractivity contribution in [1.82, 2.24) is 0 Å². The molecule has 104 valence electrons. The number of rotatable bonds is 7. The maximum absolute atomic E-state index is 11.4. The maximum Gasteiger partial charge on any atom is 0.344 e. The zero-order valence-corrected chi connectivity index (χ0v) is 10.8. The molecule has 1 amide bonds. The number of benzene rings is 1. The Morgan fingerprint density at radius 2 is 2.05 bits per heavy atom. The van der Waals surface area contributed by atoms with Crippen LogP contribution in [0.25, 0.3) is 0 Å². The van der Waals surface area contributed by atoms with Crippen LogP contribution in [0.2, 0.25) is 0 Å². The summed E-state index contributed by atoms with van der Waals surface area (Å²) in [5, 5.41) is 0. The number of hydrogen-bond acceptors (Lipinski definition) is 5. The van der Waals surface area contributed by atoms with Gasteiger partial charge in [0.25, 0.3) is 5.91 Å². The highest BCUT2D eigenvalue weighted by Gasteiger charge is 2.12. The van der Waals surface area contributed by atoms with Gasteiger partial charge in [0.05, 0.1) is 12.2 Å². The quantitative estimate of drug-likeness (QED) is 0.436. The lowest BCUT2D eigenvalue weighted by atomic mass is 10.1. The second kappa shape index (κ2) is 7.25. The number of carbonyl (C=O) groups is 2. The third-order valence-electron chi connectivity index (χ3n) is 2.38. The molecule has 0 aliphatic carbocycles. The van der Waals surface area contributed by atoms with E-state index in [-0.39, 0.29) is 17.9 Å². The number of primary amides is 1. The van der Waals surface area contributed by atoms with Gasteiger partial charge in [0.1, 0.15) is 5.75 Å². The summed E-state index contributed by atoms with van der Waals surface area (Å²) in [6, 6.07) is 4.46. The summed E-state index contributed by atoms with van der Waals surface area (Å²) in [7, 11) is 0. The normalized spacial score (nSPS) is 9.95. The second-order valence-electron chi connectivity index (χ2n) is 3.98. The number of amides is 1. The van der Waals surface area contributed by atoms with Crippen molar-refractivity contribution in [2.45, 2.75) is 19.8 Å². The summed E-state index contributed by atoms with van der Waals surface area (Å²) in [5.74, 6) is -0.934. The standard InChI is InChI=1S/C13H18N2O4/c1-2-3-6-18-12(16)8-19-11-5-4-9(14)7-10(11)13(15)17/h4-5,7H,2-3,6,8,14H2,1H3,(H2,15,17). The van der Waals surface area contributed by atoms with Crippen LogP contribution < -0.4 is 16.2 Å². The average molecular weight is 266 g/mol. The van der Waals surface area contributed by atoms with Crippen LogP contribution in [0.5, 0.6) is 5.75 Å². The van der Waals surface area contributed by atoms with E-state index in [9.17, 15) is 9.59 Å². The molecule has 19 heavy (non-hydrogen) atoms. The van der Waals surface area contributed by atoms with Crippen molar-refractivity contribution in [2.24, 2.45) is 5.73 Å². The van der Waals surface area contributed by atoms with Gasteiger partial charge in [0.2, 0.25) is 0 Å². The first-order valence-corrected chi connectivity index (χ1v) is 6.02. The smallest absolute Gasteiger partial charge is 0.344 e. The topological polar surface area (TPSA) is 105 Å². The molecule has 0 radical (unpaired) electrons. The van der Waals surface area contributed by atoms with Gasteiger partial charge in [-0.05, 0) is 24.6 Å². The van der Waals surface area contributed by atoms with Crippen molar-refractivity contribution < 1.29 is 19.1 Å². The first-order valence-electron chi connectivity index (χ1n) is 6.02. The predicted octanol–water partition coefficient (Wildman–Crippen LogP) is 1.09. The molecule has 6 nitrogen and oxygen atoms in total. The zero-order chi connectivity index (χ0) is 14.3. The van der Waals surface area contributed by atoms with Crippen LogP contribution >= 0.6 is 0 Å². The minimum Gasteiger partial charge on any atom is -0.481 e. The third-order valence-corrected chi connectivity index (χ3v) is 2.38. The Morgan fingerprint density at radius 1 is 1.32 bits per heavy atom. The molecule has 0 spiro atoms. The van der Waals surface area contributed by atoms with Gasteiger partial charge < -0.3 is 20.9 Å². The lowest BCUT2D eigenvalue weighted by Gasteiger charge is -2.10. The lowest BCUT2D eigenvalue weighted by molar-refractivity contribution is -0.146. The minimum atomic E-state index is -0.665. The Kier molecular flexibility index (Phi) is 5.66. The van der Waals surface area contributed by atoms with Crippen molar-refractivity contribution in [3.05, 3.63) is 23.8 Å². The largest absolute Gasteiger partial charge is 0.481 e. The van der Waals surface area contributed by atoms with E-state index < -0.39 is 11.9 Å². The molecule has 0 heterocycles. The number of nitrogen functional groups attached to an aromatic ring is 1. The van der Waals surface area contributed by atoms with Gasteiger partial charge in [0.15, 0.2) is 6.61 Å².